The second-order valence-electron chi connectivity index (χ2n) is 19.5. The first-order valence-corrected chi connectivity index (χ1v) is 29.8. The SMILES string of the molecule is CCCCCCCCCC(=O)[O-].CCCCCCCCCC(=O)[O-].CCCCCCCCCC(=O)[O-].CCCCCCCCCC(=O)[O-].CCCCCCCCCC(=O)[O-].CCCCCCCCCC(=O)[O-].[Zr+2].[Zr+2].[Zr+2]. The third-order valence-electron chi connectivity index (χ3n) is 11.9. The van der Waals surface area contributed by atoms with Gasteiger partial charge in [-0.3, -0.25) is 0 Å². The number of carboxylic acid groups (broad SMARTS) is 6. The minimum absolute atomic E-state index is 0. The van der Waals surface area contributed by atoms with E-state index in [0.29, 0.717) is 0 Å². The van der Waals surface area contributed by atoms with Crippen LogP contribution in [0.5, 0.6) is 0 Å². The van der Waals surface area contributed by atoms with Crippen molar-refractivity contribution >= 4 is 35.8 Å². The molecule has 0 heterocycles. The second-order valence-corrected chi connectivity index (χ2v) is 19.5. The van der Waals surface area contributed by atoms with Crippen LogP contribution >= 0.6 is 0 Å². The maximum absolute atomic E-state index is 10.0. The third kappa shape index (κ3) is 131. The van der Waals surface area contributed by atoms with Crippen molar-refractivity contribution in [3.8, 4) is 0 Å². The van der Waals surface area contributed by atoms with Crippen LogP contribution in [0.4, 0.5) is 0 Å². The molecule has 0 aliphatic carbocycles. The maximum atomic E-state index is 10.0. The Kier molecular flexibility index (Phi) is 113. The first-order valence-electron chi connectivity index (χ1n) is 29.8. The molecule has 75 heavy (non-hydrogen) atoms. The minimum atomic E-state index is -0.913. The van der Waals surface area contributed by atoms with Gasteiger partial charge in [0.05, 0.1) is 0 Å². The Balaban J connectivity index is -0.0000000988. The molecule has 15 heteroatoms. The molecule has 0 radical (unpaired) electrons. The summed E-state index contributed by atoms with van der Waals surface area (Å²) in [4.78, 5) is 60.1. The number of hydrogen-bond acceptors (Lipinski definition) is 12. The Morgan fingerprint density at radius 1 is 0.173 bits per heavy atom. The van der Waals surface area contributed by atoms with Crippen molar-refractivity contribution in [1.82, 2.24) is 0 Å². The average molecular weight is 1300 g/mol. The minimum Gasteiger partial charge on any atom is -0.550 e. The molecule has 0 unspecified atom stereocenters. The summed E-state index contributed by atoms with van der Waals surface area (Å²) in [6.45, 7) is 13.1. The molecule has 0 saturated carbocycles. The van der Waals surface area contributed by atoms with Crippen LogP contribution in [0.2, 0.25) is 0 Å². The van der Waals surface area contributed by atoms with Gasteiger partial charge in [0, 0.05) is 35.8 Å². The second kappa shape index (κ2) is 90.0. The number of hydrogen-bond donors (Lipinski definition) is 0. The molecule has 0 atom stereocenters. The Bertz CT molecular complexity index is 898. The number of carboxylic acids is 6. The average Bonchev–Trinajstić information content (AvgIpc) is 3.33. The van der Waals surface area contributed by atoms with E-state index in [1.165, 1.54) is 193 Å². The maximum Gasteiger partial charge on any atom is 2.00 e. The van der Waals surface area contributed by atoms with Gasteiger partial charge in [-0.15, -0.1) is 0 Å². The van der Waals surface area contributed by atoms with Gasteiger partial charge in [-0.25, -0.2) is 0 Å². The Labute approximate surface area is 519 Å². The van der Waals surface area contributed by atoms with Crippen molar-refractivity contribution in [2.75, 3.05) is 0 Å². The van der Waals surface area contributed by atoms with E-state index in [1.807, 2.05) is 0 Å². The Hall–Kier alpha value is -0.531. The molecular weight excluding hydrogens is 1190 g/mol. The molecule has 0 saturated heterocycles. The number of rotatable bonds is 48. The van der Waals surface area contributed by atoms with Gasteiger partial charge in [-0.2, -0.15) is 0 Å². The van der Waals surface area contributed by atoms with Gasteiger partial charge in [0.2, 0.25) is 0 Å². The summed E-state index contributed by atoms with van der Waals surface area (Å²) >= 11 is 0. The summed E-state index contributed by atoms with van der Waals surface area (Å²) < 4.78 is 0. The molecule has 0 fully saturated rings. The summed E-state index contributed by atoms with van der Waals surface area (Å²) in [7, 11) is 0. The van der Waals surface area contributed by atoms with Gasteiger partial charge in [0.15, 0.2) is 0 Å². The Morgan fingerprint density at radius 3 is 0.333 bits per heavy atom. The van der Waals surface area contributed by atoms with Crippen LogP contribution in [0, 0.1) is 0 Å². The van der Waals surface area contributed by atoms with Gasteiger partial charge >= 0.3 is 78.6 Å². The van der Waals surface area contributed by atoms with Crippen molar-refractivity contribution in [3.63, 3.8) is 0 Å². The molecule has 0 amide bonds. The molecular formula is C60H114O12Zr3. The molecule has 0 spiro atoms. The third-order valence-corrected chi connectivity index (χ3v) is 11.9. The van der Waals surface area contributed by atoms with E-state index in [-0.39, 0.29) is 117 Å². The fourth-order valence-corrected chi connectivity index (χ4v) is 7.36. The van der Waals surface area contributed by atoms with Gasteiger partial charge in [0.25, 0.3) is 0 Å². The van der Waals surface area contributed by atoms with Crippen molar-refractivity contribution in [2.24, 2.45) is 0 Å². The van der Waals surface area contributed by atoms with E-state index in [9.17, 15) is 59.4 Å². The van der Waals surface area contributed by atoms with Crippen molar-refractivity contribution in [2.45, 2.75) is 350 Å². The molecule has 0 aliphatic heterocycles. The summed E-state index contributed by atoms with van der Waals surface area (Å²) in [5.74, 6) is -5.48. The molecule has 0 aliphatic rings. The number of carbonyl (C=O) groups is 6. The monoisotopic (exact) mass is 1300 g/mol. The van der Waals surface area contributed by atoms with Gasteiger partial charge < -0.3 is 59.4 Å². The number of unbranched alkanes of at least 4 members (excludes halogenated alkanes) is 36. The summed E-state index contributed by atoms with van der Waals surface area (Å²) in [5.41, 5.74) is 0. The first kappa shape index (κ1) is 93.8. The quantitative estimate of drug-likeness (QED) is 0.0517. The molecule has 0 aromatic rings. The van der Waals surface area contributed by atoms with E-state index in [4.69, 9.17) is 0 Å². The van der Waals surface area contributed by atoms with Gasteiger partial charge in [-0.1, -0.05) is 273 Å². The summed E-state index contributed by atoms with van der Waals surface area (Å²) in [6, 6.07) is 0. The molecule has 0 bridgehead atoms. The molecule has 0 aromatic carbocycles. The standard InChI is InChI=1S/6C10H20O2.3Zr/c6*1-2-3-4-5-6-7-8-9-10(11)12;;;/h6*2-9H2,1H3,(H,11,12);;;/q;;;;;;3*+2/p-6. The predicted molar refractivity (Wildman–Crippen MR) is 286 cm³/mol. The van der Waals surface area contributed by atoms with Crippen LogP contribution in [-0.4, -0.2) is 35.8 Å². The molecule has 12 nitrogen and oxygen atoms in total. The van der Waals surface area contributed by atoms with Crippen LogP contribution in [-0.2, 0) is 107 Å². The van der Waals surface area contributed by atoms with E-state index in [0.717, 1.165) is 77.0 Å². The van der Waals surface area contributed by atoms with Crippen molar-refractivity contribution < 1.29 is 138 Å². The molecule has 0 aromatic heterocycles. The van der Waals surface area contributed by atoms with Crippen LogP contribution in [0.15, 0.2) is 0 Å². The fraction of sp³-hybridized carbons (Fsp3) is 0.900. The number of carbonyl (C=O) groups excluding carboxylic acids is 6. The van der Waals surface area contributed by atoms with Crippen LogP contribution in [0.3, 0.4) is 0 Å². The number of aliphatic carboxylic acids is 6. The summed E-state index contributed by atoms with van der Waals surface area (Å²) in [6.07, 6.45) is 50.1. The zero-order valence-corrected chi connectivity index (χ0v) is 56.7. The summed E-state index contributed by atoms with van der Waals surface area (Å²) in [5, 5.41) is 60.1. The van der Waals surface area contributed by atoms with Crippen LogP contribution < -0.4 is 30.6 Å². The first-order chi connectivity index (χ1) is 34.6. The van der Waals surface area contributed by atoms with Crippen LogP contribution in [0.25, 0.3) is 0 Å². The van der Waals surface area contributed by atoms with Crippen LogP contribution in [0.1, 0.15) is 350 Å². The predicted octanol–water partition coefficient (Wildman–Crippen LogP) is 11.3. The molecule has 0 N–H and O–H groups in total. The largest absolute Gasteiger partial charge is 2.00 e. The molecule has 0 rings (SSSR count). The fourth-order valence-electron chi connectivity index (χ4n) is 7.36. The van der Waals surface area contributed by atoms with E-state index in [2.05, 4.69) is 41.5 Å². The van der Waals surface area contributed by atoms with Crippen molar-refractivity contribution in [1.29, 1.82) is 0 Å². The Morgan fingerprint density at radius 2 is 0.253 bits per heavy atom. The normalized spacial score (nSPS) is 9.68. The van der Waals surface area contributed by atoms with Crippen molar-refractivity contribution in [3.05, 3.63) is 0 Å². The van der Waals surface area contributed by atoms with Gasteiger partial charge in [-0.05, 0) is 77.0 Å². The van der Waals surface area contributed by atoms with Gasteiger partial charge in [0.1, 0.15) is 0 Å². The zero-order chi connectivity index (χ0) is 55.4. The zero-order valence-electron chi connectivity index (χ0n) is 49.3. The molecule has 438 valence electrons. The van der Waals surface area contributed by atoms with E-state index < -0.39 is 35.8 Å². The van der Waals surface area contributed by atoms with E-state index >= 15 is 0 Å². The van der Waals surface area contributed by atoms with E-state index in [1.54, 1.807) is 0 Å². The smallest absolute Gasteiger partial charge is 0.550 e. The topological polar surface area (TPSA) is 241 Å².